The molecule has 0 radical (unpaired) electrons. The summed E-state index contributed by atoms with van der Waals surface area (Å²) in [6.45, 7) is 3.58. The van der Waals surface area contributed by atoms with Crippen LogP contribution in [0.3, 0.4) is 0 Å². The van der Waals surface area contributed by atoms with Crippen molar-refractivity contribution in [3.8, 4) is 0 Å². The molecule has 3 aromatic carbocycles. The number of hydrogen-bond acceptors (Lipinski definition) is 5. The number of tetrazole rings is 1. The normalized spacial score (nSPS) is 16.9. The molecule has 1 unspecified atom stereocenters. The number of anilines is 1. The van der Waals surface area contributed by atoms with Gasteiger partial charge in [0.1, 0.15) is 12.6 Å². The van der Waals surface area contributed by atoms with Gasteiger partial charge in [0.25, 0.3) is 5.95 Å². The number of hydrogen-bond donors (Lipinski definition) is 0. The number of allylic oxidation sites excluding steroid dienone is 1. The summed E-state index contributed by atoms with van der Waals surface area (Å²) in [6.07, 6.45) is 3.03. The molecule has 7 heteroatoms. The molecule has 0 saturated heterocycles. The van der Waals surface area contributed by atoms with Gasteiger partial charge in [-0.15, -0.1) is 0 Å². The number of aromatic nitrogens is 4. The first-order valence-electron chi connectivity index (χ1n) is 11.9. The fourth-order valence-electron chi connectivity index (χ4n) is 4.93. The Balaban J connectivity index is 1.37. The van der Waals surface area contributed by atoms with Gasteiger partial charge in [0.15, 0.2) is 0 Å². The van der Waals surface area contributed by atoms with Gasteiger partial charge in [-0.3, -0.25) is 9.69 Å². The number of rotatable bonds is 4. The van der Waals surface area contributed by atoms with Gasteiger partial charge in [-0.1, -0.05) is 89.5 Å². The monoisotopic (exact) mass is 462 g/mol. The highest BCUT2D eigenvalue weighted by atomic mass is 16.2. The van der Waals surface area contributed by atoms with Crippen LogP contribution in [0.2, 0.25) is 0 Å². The average Bonchev–Trinajstić information content (AvgIpc) is 3.40. The van der Waals surface area contributed by atoms with Gasteiger partial charge >= 0.3 is 0 Å². The summed E-state index contributed by atoms with van der Waals surface area (Å²) in [5.74, 6) is 0.632. The Morgan fingerprint density at radius 1 is 0.943 bits per heavy atom. The number of amides is 1. The largest absolute Gasteiger partial charge is 0.336 e. The Kier molecular flexibility index (Phi) is 5.37. The van der Waals surface area contributed by atoms with Gasteiger partial charge in [-0.05, 0) is 52.1 Å². The first kappa shape index (κ1) is 21.3. The number of benzene rings is 3. The number of nitrogens with zero attached hydrogens (tertiary/aromatic N) is 6. The first-order valence-corrected chi connectivity index (χ1v) is 11.9. The lowest BCUT2D eigenvalue weighted by Gasteiger charge is -2.35. The highest BCUT2D eigenvalue weighted by Crippen LogP contribution is 2.36. The van der Waals surface area contributed by atoms with E-state index in [0.717, 1.165) is 23.2 Å². The first-order chi connectivity index (χ1) is 17.2. The molecule has 1 aromatic heterocycles. The molecule has 4 aromatic rings. The lowest BCUT2D eigenvalue weighted by Crippen LogP contribution is -2.44. The summed E-state index contributed by atoms with van der Waals surface area (Å²) < 4.78 is 1.80. The van der Waals surface area contributed by atoms with E-state index >= 15 is 0 Å². The highest BCUT2D eigenvalue weighted by Gasteiger charge is 2.33. The minimum absolute atomic E-state index is 0.0604. The summed E-state index contributed by atoms with van der Waals surface area (Å²) in [7, 11) is 0. The van der Waals surface area contributed by atoms with Crippen LogP contribution in [0.5, 0.6) is 0 Å². The van der Waals surface area contributed by atoms with E-state index < -0.39 is 0 Å². The number of carbonyl (C=O) groups is 1. The van der Waals surface area contributed by atoms with E-state index in [9.17, 15) is 4.79 Å². The predicted octanol–water partition coefficient (Wildman–Crippen LogP) is 4.02. The van der Waals surface area contributed by atoms with E-state index in [0.29, 0.717) is 19.0 Å². The van der Waals surface area contributed by atoms with Crippen LogP contribution in [0.25, 0.3) is 5.70 Å². The number of aryl methyl sites for hydroxylation is 1. The Hall–Kier alpha value is -4.26. The smallest absolute Gasteiger partial charge is 0.251 e. The number of fused-ring (bicyclic) bond motifs is 2. The predicted molar refractivity (Wildman–Crippen MR) is 134 cm³/mol. The van der Waals surface area contributed by atoms with Crippen molar-refractivity contribution in [1.29, 1.82) is 0 Å². The Labute approximate surface area is 204 Å². The standard InChI is InChI=1S/C28H26N6O/c1-20-11-13-23(14-12-20)25-17-26(22-8-3-2-4-9-22)34-28(29-30-31-34)33(25)19-27(35)32-16-15-21-7-5-6-10-24(21)18-32/h2-14,17,26H,15-16,18-19H2,1H3. The molecule has 2 aliphatic rings. The van der Waals surface area contributed by atoms with Crippen molar-refractivity contribution in [3.63, 3.8) is 0 Å². The van der Waals surface area contributed by atoms with Gasteiger partial charge in [0, 0.05) is 13.1 Å². The second-order valence-electron chi connectivity index (χ2n) is 9.12. The van der Waals surface area contributed by atoms with Crippen molar-refractivity contribution in [3.05, 3.63) is 113 Å². The van der Waals surface area contributed by atoms with Gasteiger partial charge in [-0.2, -0.15) is 4.68 Å². The van der Waals surface area contributed by atoms with Crippen LogP contribution in [-0.2, 0) is 17.8 Å². The summed E-state index contributed by atoms with van der Waals surface area (Å²) in [5, 5.41) is 12.6. The minimum Gasteiger partial charge on any atom is -0.336 e. The van der Waals surface area contributed by atoms with Crippen LogP contribution in [0.1, 0.15) is 33.9 Å². The summed E-state index contributed by atoms with van der Waals surface area (Å²) >= 11 is 0. The van der Waals surface area contributed by atoms with Crippen LogP contribution in [0, 0.1) is 6.92 Å². The number of carbonyl (C=O) groups excluding carboxylic acids is 1. The summed E-state index contributed by atoms with van der Waals surface area (Å²) in [5.41, 5.74) is 6.78. The van der Waals surface area contributed by atoms with Gasteiger partial charge in [0.2, 0.25) is 5.91 Å². The van der Waals surface area contributed by atoms with Crippen LogP contribution in [0.4, 0.5) is 5.95 Å². The van der Waals surface area contributed by atoms with E-state index in [1.807, 2.05) is 34.1 Å². The maximum atomic E-state index is 13.6. The fourth-order valence-corrected chi connectivity index (χ4v) is 4.93. The zero-order valence-electron chi connectivity index (χ0n) is 19.6. The minimum atomic E-state index is -0.161. The van der Waals surface area contributed by atoms with Crippen LogP contribution >= 0.6 is 0 Å². The molecular weight excluding hydrogens is 436 g/mol. The van der Waals surface area contributed by atoms with E-state index in [1.54, 1.807) is 4.68 Å². The van der Waals surface area contributed by atoms with Gasteiger partial charge in [-0.25, -0.2) is 0 Å². The molecule has 1 amide bonds. The van der Waals surface area contributed by atoms with Crippen molar-refractivity contribution in [2.75, 3.05) is 18.0 Å². The lowest BCUT2D eigenvalue weighted by atomic mass is 9.99. The maximum absolute atomic E-state index is 13.6. The van der Waals surface area contributed by atoms with Crippen molar-refractivity contribution in [2.45, 2.75) is 25.9 Å². The van der Waals surface area contributed by atoms with Crippen molar-refractivity contribution in [1.82, 2.24) is 25.1 Å². The van der Waals surface area contributed by atoms with Crippen molar-refractivity contribution in [2.24, 2.45) is 0 Å². The molecule has 3 heterocycles. The molecular formula is C28H26N6O. The molecule has 35 heavy (non-hydrogen) atoms. The van der Waals surface area contributed by atoms with Crippen molar-refractivity contribution < 1.29 is 4.79 Å². The van der Waals surface area contributed by atoms with E-state index in [1.165, 1.54) is 16.7 Å². The lowest BCUT2D eigenvalue weighted by molar-refractivity contribution is -0.130. The molecule has 1 atom stereocenters. The maximum Gasteiger partial charge on any atom is 0.251 e. The van der Waals surface area contributed by atoms with Gasteiger partial charge < -0.3 is 4.90 Å². The van der Waals surface area contributed by atoms with E-state index in [4.69, 9.17) is 0 Å². The van der Waals surface area contributed by atoms with E-state index in [-0.39, 0.29) is 18.5 Å². The molecule has 7 nitrogen and oxygen atoms in total. The average molecular weight is 463 g/mol. The molecule has 0 fully saturated rings. The molecule has 174 valence electrons. The van der Waals surface area contributed by atoms with Gasteiger partial charge in [0.05, 0.1) is 5.70 Å². The third-order valence-electron chi connectivity index (χ3n) is 6.85. The summed E-state index contributed by atoms with van der Waals surface area (Å²) in [4.78, 5) is 17.5. The zero-order valence-corrected chi connectivity index (χ0v) is 19.6. The SMILES string of the molecule is Cc1ccc(C2=CC(c3ccccc3)n3nnnc3N2CC(=O)N2CCc3ccccc3C2)cc1. The third kappa shape index (κ3) is 3.99. The van der Waals surface area contributed by atoms with Crippen LogP contribution in [0.15, 0.2) is 84.9 Å². The topological polar surface area (TPSA) is 67.2 Å². The second kappa shape index (κ2) is 8.83. The Morgan fingerprint density at radius 3 is 2.49 bits per heavy atom. The third-order valence-corrected chi connectivity index (χ3v) is 6.85. The molecule has 0 bridgehead atoms. The Bertz CT molecular complexity index is 1390. The molecule has 2 aliphatic heterocycles. The molecule has 0 saturated carbocycles. The molecule has 0 spiro atoms. The van der Waals surface area contributed by atoms with E-state index in [2.05, 4.69) is 83.1 Å². The molecule has 0 N–H and O–H groups in total. The summed E-state index contributed by atoms with van der Waals surface area (Å²) in [6, 6.07) is 26.7. The van der Waals surface area contributed by atoms with Crippen LogP contribution in [-0.4, -0.2) is 44.1 Å². The molecule has 0 aliphatic carbocycles. The fraction of sp³-hybridized carbons (Fsp3) is 0.214. The van der Waals surface area contributed by atoms with Crippen molar-refractivity contribution >= 4 is 17.6 Å². The molecule has 6 rings (SSSR count). The second-order valence-corrected chi connectivity index (χ2v) is 9.12. The van der Waals surface area contributed by atoms with Crippen LogP contribution < -0.4 is 4.90 Å². The highest BCUT2D eigenvalue weighted by molar-refractivity contribution is 5.89. The quantitative estimate of drug-likeness (QED) is 0.458. The zero-order chi connectivity index (χ0) is 23.8. The Morgan fingerprint density at radius 2 is 1.69 bits per heavy atom.